The van der Waals surface area contributed by atoms with Gasteiger partial charge in [-0.25, -0.2) is 4.98 Å². The summed E-state index contributed by atoms with van der Waals surface area (Å²) in [5.41, 5.74) is 7.15. The topological polar surface area (TPSA) is 73.1 Å². The molecule has 1 aromatic carbocycles. The first-order valence-corrected chi connectivity index (χ1v) is 6.61. The molecule has 19 heavy (non-hydrogen) atoms. The summed E-state index contributed by atoms with van der Waals surface area (Å²) in [6, 6.07) is 9.78. The predicted molar refractivity (Wildman–Crippen MR) is 78.1 cm³/mol. The molecule has 100 valence electrons. The van der Waals surface area contributed by atoms with Gasteiger partial charge >= 0.3 is 0 Å². The van der Waals surface area contributed by atoms with E-state index in [1.807, 2.05) is 30.3 Å². The summed E-state index contributed by atoms with van der Waals surface area (Å²) in [7, 11) is 1.56. The molecule has 0 aliphatic heterocycles. The quantitative estimate of drug-likeness (QED) is 0.884. The maximum absolute atomic E-state index is 6.08. The maximum Gasteiger partial charge on any atom is 0.232 e. The highest BCUT2D eigenvalue weighted by Crippen LogP contribution is 2.22. The van der Waals surface area contributed by atoms with E-state index < -0.39 is 0 Å². The molecular formula is C13H15BrN4O. The van der Waals surface area contributed by atoms with Crippen LogP contribution in [0.3, 0.4) is 0 Å². The highest BCUT2D eigenvalue weighted by atomic mass is 79.9. The Bertz CT molecular complexity index is 535. The average Bonchev–Trinajstić information content (AvgIpc) is 2.47. The Morgan fingerprint density at radius 2 is 2.11 bits per heavy atom. The van der Waals surface area contributed by atoms with Crippen molar-refractivity contribution in [2.24, 2.45) is 5.73 Å². The number of nitrogens with one attached hydrogen (secondary N) is 1. The first kappa shape index (κ1) is 13.8. The molecule has 2 rings (SSSR count). The molecule has 6 heteroatoms. The molecule has 0 aliphatic carbocycles. The third-order valence-corrected chi connectivity index (χ3v) is 3.16. The molecule has 2 aromatic rings. The van der Waals surface area contributed by atoms with Crippen molar-refractivity contribution in [2.75, 3.05) is 19.0 Å². The summed E-state index contributed by atoms with van der Waals surface area (Å²) in [5.74, 6) is 0.984. The third-order valence-electron chi connectivity index (χ3n) is 2.61. The third kappa shape index (κ3) is 3.65. The SMILES string of the molecule is COc1nc(NCC(N)c2ccccc2)ncc1Br. The van der Waals surface area contributed by atoms with Crippen molar-refractivity contribution >= 4 is 21.9 Å². The minimum Gasteiger partial charge on any atom is -0.480 e. The Morgan fingerprint density at radius 3 is 2.79 bits per heavy atom. The number of rotatable bonds is 5. The second-order valence-electron chi connectivity index (χ2n) is 3.95. The zero-order chi connectivity index (χ0) is 13.7. The Balaban J connectivity index is 1.99. The fraction of sp³-hybridized carbons (Fsp3) is 0.231. The Kier molecular flexibility index (Phi) is 4.70. The van der Waals surface area contributed by atoms with E-state index >= 15 is 0 Å². The van der Waals surface area contributed by atoms with Crippen LogP contribution in [0, 0.1) is 0 Å². The molecule has 0 amide bonds. The van der Waals surface area contributed by atoms with Crippen molar-refractivity contribution in [3.63, 3.8) is 0 Å². The molecule has 0 fully saturated rings. The van der Waals surface area contributed by atoms with Gasteiger partial charge in [0.1, 0.15) is 0 Å². The summed E-state index contributed by atoms with van der Waals surface area (Å²) in [6.07, 6.45) is 1.64. The number of nitrogens with zero attached hydrogens (tertiary/aromatic N) is 2. The molecule has 1 aromatic heterocycles. The highest BCUT2D eigenvalue weighted by molar-refractivity contribution is 9.10. The van der Waals surface area contributed by atoms with Crippen molar-refractivity contribution < 1.29 is 4.74 Å². The number of halogens is 1. The van der Waals surface area contributed by atoms with E-state index in [4.69, 9.17) is 10.5 Å². The molecule has 3 N–H and O–H groups in total. The van der Waals surface area contributed by atoms with E-state index in [-0.39, 0.29) is 6.04 Å². The number of ether oxygens (including phenoxy) is 1. The number of methoxy groups -OCH3 is 1. The predicted octanol–water partition coefficient (Wildman–Crippen LogP) is 2.36. The van der Waals surface area contributed by atoms with Gasteiger partial charge in [0, 0.05) is 12.6 Å². The summed E-state index contributed by atoms with van der Waals surface area (Å²) < 4.78 is 5.82. The van der Waals surface area contributed by atoms with Gasteiger partial charge in [-0.15, -0.1) is 0 Å². The fourth-order valence-corrected chi connectivity index (χ4v) is 1.95. The van der Waals surface area contributed by atoms with Crippen molar-refractivity contribution in [3.05, 3.63) is 46.6 Å². The van der Waals surface area contributed by atoms with Crippen molar-refractivity contribution in [3.8, 4) is 5.88 Å². The minimum absolute atomic E-state index is 0.112. The van der Waals surface area contributed by atoms with Crippen molar-refractivity contribution in [2.45, 2.75) is 6.04 Å². The van der Waals surface area contributed by atoms with Crippen LogP contribution in [0.4, 0.5) is 5.95 Å². The lowest BCUT2D eigenvalue weighted by Crippen LogP contribution is -2.21. The van der Waals surface area contributed by atoms with Gasteiger partial charge in [-0.2, -0.15) is 4.98 Å². The average molecular weight is 323 g/mol. The molecule has 0 saturated carbocycles. The molecule has 0 bridgehead atoms. The Labute approximate surface area is 120 Å². The standard InChI is InChI=1S/C13H15BrN4O/c1-19-12-10(14)7-16-13(18-12)17-8-11(15)9-5-3-2-4-6-9/h2-7,11H,8,15H2,1H3,(H,16,17,18). The van der Waals surface area contributed by atoms with Crippen LogP contribution in [0.1, 0.15) is 11.6 Å². The minimum atomic E-state index is -0.112. The van der Waals surface area contributed by atoms with Gasteiger partial charge in [-0.1, -0.05) is 30.3 Å². The van der Waals surface area contributed by atoms with Crippen LogP contribution in [0.25, 0.3) is 0 Å². The molecule has 1 atom stereocenters. The molecule has 1 unspecified atom stereocenters. The Morgan fingerprint density at radius 1 is 1.37 bits per heavy atom. The summed E-state index contributed by atoms with van der Waals surface area (Å²) in [6.45, 7) is 0.550. The zero-order valence-electron chi connectivity index (χ0n) is 10.5. The van der Waals surface area contributed by atoms with Crippen LogP contribution < -0.4 is 15.8 Å². The number of nitrogens with two attached hydrogens (primary N) is 1. The lowest BCUT2D eigenvalue weighted by Gasteiger charge is -2.13. The molecule has 0 aliphatic rings. The smallest absolute Gasteiger partial charge is 0.232 e. The second-order valence-corrected chi connectivity index (χ2v) is 4.80. The lowest BCUT2D eigenvalue weighted by atomic mass is 10.1. The van der Waals surface area contributed by atoms with E-state index in [0.29, 0.717) is 22.8 Å². The van der Waals surface area contributed by atoms with E-state index in [9.17, 15) is 0 Å². The number of aromatic nitrogens is 2. The van der Waals surface area contributed by atoms with E-state index in [1.54, 1.807) is 13.3 Å². The van der Waals surface area contributed by atoms with Gasteiger partial charge in [0.05, 0.1) is 17.8 Å². The van der Waals surface area contributed by atoms with Crippen molar-refractivity contribution in [1.29, 1.82) is 0 Å². The van der Waals surface area contributed by atoms with Crippen molar-refractivity contribution in [1.82, 2.24) is 9.97 Å². The highest BCUT2D eigenvalue weighted by Gasteiger charge is 2.08. The largest absolute Gasteiger partial charge is 0.480 e. The summed E-state index contributed by atoms with van der Waals surface area (Å²) >= 11 is 3.30. The molecule has 1 heterocycles. The lowest BCUT2D eigenvalue weighted by molar-refractivity contribution is 0.394. The zero-order valence-corrected chi connectivity index (χ0v) is 12.1. The van der Waals surface area contributed by atoms with E-state index in [0.717, 1.165) is 5.56 Å². The summed E-state index contributed by atoms with van der Waals surface area (Å²) in [5, 5.41) is 3.10. The molecule has 0 saturated heterocycles. The first-order valence-electron chi connectivity index (χ1n) is 5.81. The van der Waals surface area contributed by atoms with Crippen LogP contribution in [0.5, 0.6) is 5.88 Å². The number of hydrogen-bond acceptors (Lipinski definition) is 5. The molecular weight excluding hydrogens is 308 g/mol. The normalized spacial score (nSPS) is 11.9. The number of benzene rings is 1. The number of hydrogen-bond donors (Lipinski definition) is 2. The molecule has 5 nitrogen and oxygen atoms in total. The van der Waals surface area contributed by atoms with Gasteiger partial charge < -0.3 is 15.8 Å². The first-order chi connectivity index (χ1) is 9.20. The second kappa shape index (κ2) is 6.49. The van der Waals surface area contributed by atoms with Crippen LogP contribution >= 0.6 is 15.9 Å². The maximum atomic E-state index is 6.08. The fourth-order valence-electron chi connectivity index (χ4n) is 1.60. The van der Waals surface area contributed by atoms with Gasteiger partial charge in [0.25, 0.3) is 0 Å². The van der Waals surface area contributed by atoms with Crippen LogP contribution in [0.15, 0.2) is 41.0 Å². The molecule has 0 radical (unpaired) electrons. The molecule has 0 spiro atoms. The monoisotopic (exact) mass is 322 g/mol. The van der Waals surface area contributed by atoms with Gasteiger partial charge in [0.15, 0.2) is 0 Å². The number of anilines is 1. The van der Waals surface area contributed by atoms with Gasteiger partial charge in [0.2, 0.25) is 11.8 Å². The van der Waals surface area contributed by atoms with Gasteiger partial charge in [-0.3, -0.25) is 0 Å². The van der Waals surface area contributed by atoms with Crippen LogP contribution in [-0.2, 0) is 0 Å². The van der Waals surface area contributed by atoms with Crippen LogP contribution in [-0.4, -0.2) is 23.6 Å². The van der Waals surface area contributed by atoms with E-state index in [1.165, 1.54) is 0 Å². The van der Waals surface area contributed by atoms with Crippen LogP contribution in [0.2, 0.25) is 0 Å². The van der Waals surface area contributed by atoms with E-state index in [2.05, 4.69) is 31.2 Å². The Hall–Kier alpha value is -1.66. The van der Waals surface area contributed by atoms with Gasteiger partial charge in [-0.05, 0) is 21.5 Å². The summed E-state index contributed by atoms with van der Waals surface area (Å²) in [4.78, 5) is 8.36.